The molecule has 2 unspecified atom stereocenters. The van der Waals surface area contributed by atoms with Gasteiger partial charge in [-0.05, 0) is 68.3 Å². The maximum atomic E-state index is 13.0. The van der Waals surface area contributed by atoms with Gasteiger partial charge < -0.3 is 25.0 Å². The van der Waals surface area contributed by atoms with Gasteiger partial charge in [-0.15, -0.1) is 0 Å². The number of hydrogen-bond acceptors (Lipinski definition) is 13. The molecule has 2 fully saturated rings. The van der Waals surface area contributed by atoms with E-state index in [4.69, 9.17) is 31.8 Å². The molecule has 67 heavy (non-hydrogen) atoms. The third-order valence-corrected chi connectivity index (χ3v) is 12.5. The number of carbonyl (C=O) groups is 2. The van der Waals surface area contributed by atoms with Crippen LogP contribution in [0.3, 0.4) is 0 Å². The molecule has 2 amide bonds. The lowest BCUT2D eigenvalue weighted by Gasteiger charge is -2.13. The molecule has 20 heteroatoms. The number of nitrogens with zero attached hydrogens (tertiary/aromatic N) is 10. The van der Waals surface area contributed by atoms with E-state index in [0.717, 1.165) is 61.3 Å². The minimum Gasteiger partial charge on any atom is -0.383 e. The number of aryl methyl sites for hydroxylation is 1. The van der Waals surface area contributed by atoms with Gasteiger partial charge in [-0.2, -0.15) is 0 Å². The first-order valence-corrected chi connectivity index (χ1v) is 23.2. The summed E-state index contributed by atoms with van der Waals surface area (Å²) in [7, 11) is 6.75. The SMILES string of the molecule is CCCn1c2c(c(=O)n(CCOC)c1=O)CC(c1ccc(CCC3CC(=O)N(C)C3)nc1)=N2.CCCn1c2c(c(=O)n(CCOC)c1=O)CC(c1ccc(Cl)nc1)=N2.CN1CC(CN)CC1=O. The molecule has 0 saturated carbocycles. The Morgan fingerprint density at radius 3 is 1.51 bits per heavy atom. The molecule has 19 nitrogen and oxygen atoms in total. The third kappa shape index (κ3) is 11.8. The summed E-state index contributed by atoms with van der Waals surface area (Å²) in [6, 6.07) is 7.45. The highest BCUT2D eigenvalue weighted by molar-refractivity contribution is 6.29. The Balaban J connectivity index is 0.000000191. The molecule has 0 spiro atoms. The fourth-order valence-corrected chi connectivity index (χ4v) is 8.68. The minimum absolute atomic E-state index is 0.213. The van der Waals surface area contributed by atoms with Crippen LogP contribution in [0.2, 0.25) is 5.15 Å². The zero-order valence-electron chi connectivity index (χ0n) is 39.3. The van der Waals surface area contributed by atoms with E-state index in [1.807, 2.05) is 46.1 Å². The van der Waals surface area contributed by atoms with Crippen LogP contribution in [-0.4, -0.2) is 122 Å². The number of carbonyl (C=O) groups excluding carboxylic acids is 2. The highest BCUT2D eigenvalue weighted by atomic mass is 35.5. The lowest BCUT2D eigenvalue weighted by Crippen LogP contribution is -2.42. The number of amides is 2. The largest absolute Gasteiger partial charge is 0.383 e. The molecule has 0 radical (unpaired) electrons. The molecule has 4 aliphatic rings. The van der Waals surface area contributed by atoms with Crippen LogP contribution in [0.25, 0.3) is 0 Å². The molecule has 2 saturated heterocycles. The lowest BCUT2D eigenvalue weighted by molar-refractivity contribution is -0.127. The zero-order valence-corrected chi connectivity index (χ0v) is 40.1. The second-order valence-corrected chi connectivity index (χ2v) is 17.6. The van der Waals surface area contributed by atoms with Gasteiger partial charge in [0.25, 0.3) is 11.1 Å². The maximum absolute atomic E-state index is 13.0. The summed E-state index contributed by atoms with van der Waals surface area (Å²) in [5.74, 6) is 2.15. The van der Waals surface area contributed by atoms with Crippen molar-refractivity contribution < 1.29 is 19.1 Å². The third-order valence-electron chi connectivity index (χ3n) is 12.3. The van der Waals surface area contributed by atoms with Crippen LogP contribution in [0.1, 0.15) is 73.9 Å². The van der Waals surface area contributed by atoms with Crippen LogP contribution in [0, 0.1) is 11.8 Å². The van der Waals surface area contributed by atoms with E-state index in [2.05, 4.69) is 15.0 Å². The van der Waals surface area contributed by atoms with Gasteiger partial charge in [-0.1, -0.05) is 25.4 Å². The van der Waals surface area contributed by atoms with E-state index in [1.54, 1.807) is 44.5 Å². The van der Waals surface area contributed by atoms with Crippen molar-refractivity contribution in [3.05, 3.63) is 111 Å². The summed E-state index contributed by atoms with van der Waals surface area (Å²) in [6.45, 7) is 8.31. The predicted octanol–water partition coefficient (Wildman–Crippen LogP) is 2.76. The monoisotopic (exact) mass is 943 g/mol. The second kappa shape index (κ2) is 23.2. The van der Waals surface area contributed by atoms with Crippen molar-refractivity contribution in [1.82, 2.24) is 38.0 Å². The lowest BCUT2D eigenvalue weighted by atomic mass is 10.0. The van der Waals surface area contributed by atoms with Gasteiger partial charge in [0.1, 0.15) is 16.8 Å². The van der Waals surface area contributed by atoms with Gasteiger partial charge in [0.05, 0.1) is 48.9 Å². The Labute approximate surface area is 393 Å². The number of fused-ring (bicyclic) bond motifs is 2. The van der Waals surface area contributed by atoms with E-state index in [-0.39, 0.29) is 47.4 Å². The minimum atomic E-state index is -0.345. The maximum Gasteiger partial charge on any atom is 0.332 e. The molecule has 0 bridgehead atoms. The summed E-state index contributed by atoms with van der Waals surface area (Å²) in [4.78, 5) is 95.3. The number of rotatable bonds is 16. The van der Waals surface area contributed by atoms with Crippen molar-refractivity contribution in [3.63, 3.8) is 0 Å². The summed E-state index contributed by atoms with van der Waals surface area (Å²) in [5, 5.41) is 0.393. The Bertz CT molecular complexity index is 2720. The van der Waals surface area contributed by atoms with Gasteiger partial charge >= 0.3 is 11.4 Å². The van der Waals surface area contributed by atoms with Gasteiger partial charge in [0.2, 0.25) is 11.8 Å². The van der Waals surface area contributed by atoms with Gasteiger partial charge in [0.15, 0.2) is 0 Å². The van der Waals surface area contributed by atoms with Crippen LogP contribution < -0.4 is 28.2 Å². The fraction of sp³-hybridized carbons (Fsp3) is 0.532. The highest BCUT2D eigenvalue weighted by Crippen LogP contribution is 2.28. The molecular weight excluding hydrogens is 882 g/mol. The number of nitrogens with two attached hydrogens (primary N) is 1. The summed E-state index contributed by atoms with van der Waals surface area (Å²) in [5.41, 5.74) is 9.26. The quantitative estimate of drug-likeness (QED) is 0.161. The molecule has 2 atom stereocenters. The van der Waals surface area contributed by atoms with Crippen LogP contribution in [0.15, 0.2) is 65.8 Å². The molecule has 360 valence electrons. The van der Waals surface area contributed by atoms with Crippen LogP contribution in [0.4, 0.5) is 11.6 Å². The Morgan fingerprint density at radius 2 is 1.13 bits per heavy atom. The van der Waals surface area contributed by atoms with Crippen molar-refractivity contribution in [2.24, 2.45) is 27.6 Å². The molecule has 0 aliphatic carbocycles. The summed E-state index contributed by atoms with van der Waals surface area (Å²) in [6.07, 6.45) is 8.70. The topological polar surface area (TPSA) is 224 Å². The molecule has 0 aromatic carbocycles. The van der Waals surface area contributed by atoms with Crippen molar-refractivity contribution >= 4 is 46.5 Å². The van der Waals surface area contributed by atoms with E-state index < -0.39 is 0 Å². The average Bonchev–Trinajstić information content (AvgIpc) is 4.12. The number of likely N-dealkylation sites (tertiary alicyclic amines) is 2. The number of pyridine rings is 2. The van der Waals surface area contributed by atoms with E-state index in [0.29, 0.717) is 104 Å². The predicted molar refractivity (Wildman–Crippen MR) is 256 cm³/mol. The number of halogens is 1. The number of hydrogen-bond donors (Lipinski definition) is 1. The molecule has 4 aromatic heterocycles. The molecule has 4 aromatic rings. The fourth-order valence-electron chi connectivity index (χ4n) is 8.57. The van der Waals surface area contributed by atoms with Crippen molar-refractivity contribution in [1.29, 1.82) is 0 Å². The van der Waals surface area contributed by atoms with E-state index in [1.165, 1.54) is 16.2 Å². The van der Waals surface area contributed by atoms with Crippen molar-refractivity contribution in [2.75, 3.05) is 61.2 Å². The first kappa shape index (κ1) is 50.5. The van der Waals surface area contributed by atoms with Crippen LogP contribution in [0.5, 0.6) is 0 Å². The summed E-state index contributed by atoms with van der Waals surface area (Å²) >= 11 is 5.83. The zero-order chi connectivity index (χ0) is 48.4. The smallest absolute Gasteiger partial charge is 0.332 e. The number of methoxy groups -OCH3 is 2. The van der Waals surface area contributed by atoms with Gasteiger partial charge in [-0.3, -0.25) is 42.4 Å². The van der Waals surface area contributed by atoms with E-state index >= 15 is 0 Å². The van der Waals surface area contributed by atoms with Crippen molar-refractivity contribution in [2.45, 2.75) is 91.4 Å². The molecular formula is C47H62ClN11O8. The first-order chi connectivity index (χ1) is 32.2. The Kier molecular flexibility index (Phi) is 17.5. The highest BCUT2D eigenvalue weighted by Gasteiger charge is 2.29. The first-order valence-electron chi connectivity index (χ1n) is 22.8. The summed E-state index contributed by atoms with van der Waals surface area (Å²) < 4.78 is 15.8. The van der Waals surface area contributed by atoms with Gasteiger partial charge in [-0.25, -0.2) is 24.6 Å². The second-order valence-electron chi connectivity index (χ2n) is 17.2. The van der Waals surface area contributed by atoms with Crippen LogP contribution in [-0.2, 0) is 64.5 Å². The van der Waals surface area contributed by atoms with Crippen LogP contribution >= 0.6 is 11.6 Å². The number of aromatic nitrogens is 6. The van der Waals surface area contributed by atoms with Gasteiger partial charge in [0, 0.05) is 109 Å². The molecule has 8 rings (SSSR count). The van der Waals surface area contributed by atoms with Crippen molar-refractivity contribution in [3.8, 4) is 0 Å². The number of aliphatic imine (C=N–C) groups is 2. The standard InChI is InChI=1S/C24H31N5O4.C17H19ClN4O3.C6H12N2O/c1-4-9-28-22-19(23(31)29(24(28)32)10-11-33-3)13-20(26-22)17-6-8-18(25-14-17)7-5-16-12-21(30)27(2)15-16;1-3-6-21-15-12(16(23)22(17(21)24)7-8-25-2)9-13(20-15)11-4-5-14(18)19-10-11;1-8-4-5(3-7)2-6(8)9/h6,8,14,16H,4-5,7,9-13,15H2,1-3H3;4-5,10H,3,6-9H2,1-2H3;5H,2-4,7H2,1H3. The average molecular weight is 945 g/mol. The Morgan fingerprint density at radius 1 is 0.657 bits per heavy atom. The molecule has 4 aliphatic heterocycles. The van der Waals surface area contributed by atoms with E-state index in [9.17, 15) is 28.8 Å². The Hall–Kier alpha value is -5.89. The number of ether oxygens (including phenoxy) is 2. The molecule has 2 N–H and O–H groups in total. The normalized spacial score (nSPS) is 17.2. The molecule has 8 heterocycles.